The van der Waals surface area contributed by atoms with Gasteiger partial charge in [0.05, 0.1) is 11.3 Å². The van der Waals surface area contributed by atoms with E-state index >= 15 is 0 Å². The molecule has 0 aliphatic carbocycles. The van der Waals surface area contributed by atoms with Gasteiger partial charge in [-0.1, -0.05) is 18.2 Å². The fourth-order valence-corrected chi connectivity index (χ4v) is 2.37. The van der Waals surface area contributed by atoms with E-state index in [1.54, 1.807) is 6.07 Å². The number of hydrogen-bond donors (Lipinski definition) is 0. The highest BCUT2D eigenvalue weighted by molar-refractivity contribution is 7.89. The van der Waals surface area contributed by atoms with Gasteiger partial charge in [-0.25, -0.2) is 12.7 Å². The molecule has 0 bridgehead atoms. The van der Waals surface area contributed by atoms with Crippen LogP contribution in [0, 0.1) is 0 Å². The minimum atomic E-state index is -4.36. The van der Waals surface area contributed by atoms with Crippen molar-refractivity contribution in [3.63, 3.8) is 0 Å². The van der Waals surface area contributed by atoms with Gasteiger partial charge >= 0.3 is 6.18 Å². The van der Waals surface area contributed by atoms with E-state index in [-0.39, 0.29) is 4.90 Å². The number of hydrogen-bond acceptors (Lipinski definition) is 2. The van der Waals surface area contributed by atoms with Gasteiger partial charge in [0.2, 0.25) is 10.0 Å². The van der Waals surface area contributed by atoms with Gasteiger partial charge in [0.15, 0.2) is 0 Å². The second kappa shape index (κ2) is 5.05. The van der Waals surface area contributed by atoms with E-state index in [0.717, 1.165) is 7.05 Å². The van der Waals surface area contributed by atoms with E-state index in [1.165, 1.54) is 24.3 Å². The zero-order valence-corrected chi connectivity index (χ0v) is 9.92. The van der Waals surface area contributed by atoms with Crippen LogP contribution in [0.4, 0.5) is 13.2 Å². The van der Waals surface area contributed by atoms with Gasteiger partial charge in [-0.05, 0) is 12.1 Å². The van der Waals surface area contributed by atoms with Gasteiger partial charge in [-0.3, -0.25) is 0 Å². The van der Waals surface area contributed by atoms with Crippen LogP contribution in [-0.4, -0.2) is 32.5 Å². The zero-order chi connectivity index (χ0) is 13.1. The Bertz CT molecular complexity index is 456. The summed E-state index contributed by atoms with van der Waals surface area (Å²) in [5.41, 5.74) is 0. The van der Waals surface area contributed by atoms with Gasteiger partial charge < -0.3 is 0 Å². The predicted octanol–water partition coefficient (Wildman–Crippen LogP) is 2.26. The van der Waals surface area contributed by atoms with Crippen molar-refractivity contribution in [3.05, 3.63) is 30.3 Å². The van der Waals surface area contributed by atoms with Gasteiger partial charge in [0.1, 0.15) is 0 Å². The molecule has 3 nitrogen and oxygen atoms in total. The van der Waals surface area contributed by atoms with Gasteiger partial charge in [0, 0.05) is 13.6 Å². The number of halogens is 3. The van der Waals surface area contributed by atoms with Crippen LogP contribution in [0.2, 0.25) is 0 Å². The molecule has 0 aliphatic heterocycles. The SMILES string of the molecule is CN(CCC(F)(F)F)S(=O)(=O)c1ccccc1. The quantitative estimate of drug-likeness (QED) is 0.839. The van der Waals surface area contributed by atoms with Crippen molar-refractivity contribution in [1.29, 1.82) is 0 Å². The fourth-order valence-electron chi connectivity index (χ4n) is 1.18. The number of nitrogens with zero attached hydrogens (tertiary/aromatic N) is 1. The first-order valence-electron chi connectivity index (χ1n) is 4.81. The molecule has 0 radical (unpaired) electrons. The molecule has 0 heterocycles. The highest BCUT2D eigenvalue weighted by Gasteiger charge is 2.30. The number of rotatable bonds is 4. The fraction of sp³-hybridized carbons (Fsp3) is 0.400. The lowest BCUT2D eigenvalue weighted by atomic mass is 10.4. The second-order valence-corrected chi connectivity index (χ2v) is 5.55. The van der Waals surface area contributed by atoms with Crippen molar-refractivity contribution in [1.82, 2.24) is 4.31 Å². The van der Waals surface area contributed by atoms with E-state index in [4.69, 9.17) is 0 Å². The lowest BCUT2D eigenvalue weighted by Crippen LogP contribution is -2.30. The average molecular weight is 267 g/mol. The molecule has 7 heteroatoms. The van der Waals surface area contributed by atoms with Gasteiger partial charge in [-0.2, -0.15) is 13.2 Å². The number of sulfonamides is 1. The molecule has 1 aromatic carbocycles. The van der Waals surface area contributed by atoms with E-state index in [1.807, 2.05) is 0 Å². The molecular formula is C10H12F3NO2S. The molecule has 1 rings (SSSR count). The molecule has 0 spiro atoms. The molecule has 0 saturated carbocycles. The lowest BCUT2D eigenvalue weighted by Gasteiger charge is -2.17. The van der Waals surface area contributed by atoms with Crippen LogP contribution in [0.5, 0.6) is 0 Å². The predicted molar refractivity (Wildman–Crippen MR) is 56.9 cm³/mol. The maximum Gasteiger partial charge on any atom is 0.390 e. The number of benzene rings is 1. The third-order valence-corrected chi connectivity index (χ3v) is 4.03. The van der Waals surface area contributed by atoms with Crippen LogP contribution < -0.4 is 0 Å². The smallest absolute Gasteiger partial charge is 0.207 e. The van der Waals surface area contributed by atoms with Gasteiger partial charge in [-0.15, -0.1) is 0 Å². The maximum absolute atomic E-state index is 12.0. The molecule has 0 atom stereocenters. The van der Waals surface area contributed by atoms with E-state index in [0.29, 0.717) is 4.31 Å². The van der Waals surface area contributed by atoms with Crippen molar-refractivity contribution >= 4 is 10.0 Å². The van der Waals surface area contributed by atoms with Crippen molar-refractivity contribution in [2.75, 3.05) is 13.6 Å². The normalized spacial score (nSPS) is 13.0. The van der Waals surface area contributed by atoms with Gasteiger partial charge in [0.25, 0.3) is 0 Å². The molecule has 0 aliphatic rings. The summed E-state index contributed by atoms with van der Waals surface area (Å²) in [4.78, 5) is -0.00956. The first kappa shape index (κ1) is 14.0. The standard InChI is InChI=1S/C10H12F3NO2S/c1-14(8-7-10(11,12)13)17(15,16)9-5-3-2-4-6-9/h2-6H,7-8H2,1H3. The minimum absolute atomic E-state index is 0.00956. The van der Waals surface area contributed by atoms with Crippen molar-refractivity contribution in [2.24, 2.45) is 0 Å². The summed E-state index contributed by atoms with van der Waals surface area (Å²) >= 11 is 0. The summed E-state index contributed by atoms with van der Waals surface area (Å²) in [5.74, 6) is 0. The Balaban J connectivity index is 2.79. The van der Waals surface area contributed by atoms with Crippen LogP contribution in [-0.2, 0) is 10.0 Å². The molecule has 0 amide bonds. The topological polar surface area (TPSA) is 37.4 Å². The molecule has 1 aromatic rings. The molecule has 17 heavy (non-hydrogen) atoms. The summed E-state index contributed by atoms with van der Waals surface area (Å²) in [7, 11) is -2.70. The van der Waals surface area contributed by atoms with Crippen molar-refractivity contribution in [2.45, 2.75) is 17.5 Å². The van der Waals surface area contributed by atoms with E-state index < -0.39 is 29.2 Å². The first-order chi connectivity index (χ1) is 7.73. The Hall–Kier alpha value is -1.08. The van der Waals surface area contributed by atoms with Crippen LogP contribution in [0.25, 0.3) is 0 Å². The minimum Gasteiger partial charge on any atom is -0.207 e. The molecule has 96 valence electrons. The molecule has 0 aromatic heterocycles. The Morgan fingerprint density at radius 1 is 1.18 bits per heavy atom. The van der Waals surface area contributed by atoms with Crippen LogP contribution in [0.3, 0.4) is 0 Å². The zero-order valence-electron chi connectivity index (χ0n) is 9.11. The summed E-state index contributed by atoms with van der Waals surface area (Å²) in [6, 6.07) is 7.36. The number of alkyl halides is 3. The molecule has 0 N–H and O–H groups in total. The Morgan fingerprint density at radius 3 is 2.18 bits per heavy atom. The maximum atomic E-state index is 12.0. The van der Waals surface area contributed by atoms with Crippen LogP contribution in [0.15, 0.2) is 35.2 Å². The van der Waals surface area contributed by atoms with Crippen LogP contribution in [0.1, 0.15) is 6.42 Å². The molecular weight excluding hydrogens is 255 g/mol. The summed E-state index contributed by atoms with van der Waals surface area (Å²) in [6.45, 7) is -0.583. The van der Waals surface area contributed by atoms with E-state index in [9.17, 15) is 21.6 Å². The average Bonchev–Trinajstić information content (AvgIpc) is 2.26. The Kier molecular flexibility index (Phi) is 4.16. The Labute approximate surface area is 97.9 Å². The lowest BCUT2D eigenvalue weighted by molar-refractivity contribution is -0.135. The Morgan fingerprint density at radius 2 is 1.71 bits per heavy atom. The summed E-state index contributed by atoms with van der Waals surface area (Å²) in [5, 5.41) is 0. The monoisotopic (exact) mass is 267 g/mol. The third kappa shape index (κ3) is 4.01. The second-order valence-electron chi connectivity index (χ2n) is 3.50. The van der Waals surface area contributed by atoms with E-state index in [2.05, 4.69) is 0 Å². The highest BCUT2D eigenvalue weighted by atomic mass is 32.2. The highest BCUT2D eigenvalue weighted by Crippen LogP contribution is 2.21. The largest absolute Gasteiger partial charge is 0.390 e. The van der Waals surface area contributed by atoms with Crippen LogP contribution >= 0.6 is 0 Å². The third-order valence-electron chi connectivity index (χ3n) is 2.16. The van der Waals surface area contributed by atoms with Crippen molar-refractivity contribution < 1.29 is 21.6 Å². The summed E-state index contributed by atoms with van der Waals surface area (Å²) < 4.78 is 60.3. The summed E-state index contributed by atoms with van der Waals surface area (Å²) in [6.07, 6.45) is -5.52. The molecule has 0 saturated heterocycles. The molecule has 0 unspecified atom stereocenters. The molecule has 0 fully saturated rings. The van der Waals surface area contributed by atoms with Crippen molar-refractivity contribution in [3.8, 4) is 0 Å². The first-order valence-corrected chi connectivity index (χ1v) is 6.25.